The van der Waals surface area contributed by atoms with Crippen LogP contribution >= 0.6 is 0 Å². The first-order chi connectivity index (χ1) is 8.49. The maximum atomic E-state index is 13.5. The molecule has 2 rings (SSSR count). The molecule has 2 unspecified atom stereocenters. The topological polar surface area (TPSA) is 55.1 Å². The predicted molar refractivity (Wildman–Crippen MR) is 65.9 cm³/mol. The van der Waals surface area contributed by atoms with Crippen LogP contribution in [0.25, 0.3) is 0 Å². The van der Waals surface area contributed by atoms with Crippen LogP contribution in [0.2, 0.25) is 0 Å². The number of halogens is 2. The third kappa shape index (κ3) is 2.44. The lowest BCUT2D eigenvalue weighted by atomic mass is 9.97. The first-order valence-corrected chi connectivity index (χ1v) is 6.04. The highest BCUT2D eigenvalue weighted by atomic mass is 19.1. The molecule has 1 aliphatic rings. The molecule has 0 spiro atoms. The number of rotatable bonds is 2. The summed E-state index contributed by atoms with van der Waals surface area (Å²) < 4.78 is 26.4. The lowest BCUT2D eigenvalue weighted by Gasteiger charge is -2.16. The molecule has 3 N–H and O–H groups in total. The minimum absolute atomic E-state index is 0.0912. The van der Waals surface area contributed by atoms with Crippen LogP contribution in [0.15, 0.2) is 12.1 Å². The van der Waals surface area contributed by atoms with Crippen LogP contribution in [0.5, 0.6) is 0 Å². The van der Waals surface area contributed by atoms with Crippen LogP contribution in [0, 0.1) is 23.5 Å². The van der Waals surface area contributed by atoms with E-state index in [2.05, 4.69) is 5.32 Å². The molecular formula is C13H16F2N2O. The number of amides is 1. The van der Waals surface area contributed by atoms with Gasteiger partial charge in [0.05, 0.1) is 5.69 Å². The number of nitrogen functional groups attached to an aromatic ring is 1. The van der Waals surface area contributed by atoms with E-state index in [9.17, 15) is 13.6 Å². The Labute approximate surface area is 104 Å². The molecule has 98 valence electrons. The number of benzene rings is 1. The van der Waals surface area contributed by atoms with Gasteiger partial charge < -0.3 is 11.1 Å². The van der Waals surface area contributed by atoms with Crippen molar-refractivity contribution in [1.29, 1.82) is 0 Å². The van der Waals surface area contributed by atoms with Gasteiger partial charge in [0.25, 0.3) is 0 Å². The molecule has 1 aliphatic carbocycles. The molecule has 0 radical (unpaired) electrons. The Kier molecular flexibility index (Phi) is 3.50. The van der Waals surface area contributed by atoms with E-state index in [-0.39, 0.29) is 29.1 Å². The molecule has 1 amide bonds. The van der Waals surface area contributed by atoms with Crippen LogP contribution in [-0.4, -0.2) is 5.91 Å². The number of anilines is 2. The molecule has 0 saturated heterocycles. The standard InChI is InChI=1S/C13H16F2N2O/c1-7-3-2-4-9(7)13(18)17-12-10(15)5-8(14)6-11(12)16/h5-7,9H,2-4,16H2,1H3,(H,17,18). The lowest BCUT2D eigenvalue weighted by Crippen LogP contribution is -2.25. The predicted octanol–water partition coefficient (Wildman–Crippen LogP) is 2.92. The second-order valence-electron chi connectivity index (χ2n) is 4.86. The van der Waals surface area contributed by atoms with E-state index in [0.29, 0.717) is 6.07 Å². The highest BCUT2D eigenvalue weighted by Crippen LogP contribution is 2.33. The van der Waals surface area contributed by atoms with E-state index in [1.165, 1.54) is 0 Å². The van der Waals surface area contributed by atoms with Crippen LogP contribution in [0.3, 0.4) is 0 Å². The second-order valence-corrected chi connectivity index (χ2v) is 4.86. The van der Waals surface area contributed by atoms with Crippen molar-refractivity contribution in [3.05, 3.63) is 23.8 Å². The van der Waals surface area contributed by atoms with Gasteiger partial charge in [-0.25, -0.2) is 8.78 Å². The number of carbonyl (C=O) groups is 1. The first kappa shape index (κ1) is 12.8. The Morgan fingerprint density at radius 3 is 2.67 bits per heavy atom. The summed E-state index contributed by atoms with van der Waals surface area (Å²) in [7, 11) is 0. The molecule has 1 fully saturated rings. The molecular weight excluding hydrogens is 238 g/mol. The summed E-state index contributed by atoms with van der Waals surface area (Å²) in [4.78, 5) is 12.0. The Hall–Kier alpha value is -1.65. The van der Waals surface area contributed by atoms with E-state index in [0.717, 1.165) is 25.3 Å². The zero-order valence-electron chi connectivity index (χ0n) is 10.2. The fourth-order valence-corrected chi connectivity index (χ4v) is 2.48. The largest absolute Gasteiger partial charge is 0.397 e. The fourth-order valence-electron chi connectivity index (χ4n) is 2.48. The Morgan fingerprint density at radius 2 is 2.11 bits per heavy atom. The number of nitrogens with two attached hydrogens (primary N) is 1. The quantitative estimate of drug-likeness (QED) is 0.797. The van der Waals surface area contributed by atoms with Gasteiger partial charge in [0.15, 0.2) is 5.82 Å². The Bertz CT molecular complexity index is 453. The summed E-state index contributed by atoms with van der Waals surface area (Å²) in [6.45, 7) is 2.00. The molecule has 1 saturated carbocycles. The van der Waals surface area contributed by atoms with Crippen molar-refractivity contribution in [2.75, 3.05) is 11.1 Å². The van der Waals surface area contributed by atoms with E-state index in [4.69, 9.17) is 5.73 Å². The van der Waals surface area contributed by atoms with Gasteiger partial charge >= 0.3 is 0 Å². The smallest absolute Gasteiger partial charge is 0.227 e. The first-order valence-electron chi connectivity index (χ1n) is 6.04. The summed E-state index contributed by atoms with van der Waals surface area (Å²) in [5.41, 5.74) is 5.29. The van der Waals surface area contributed by atoms with E-state index in [1.807, 2.05) is 6.92 Å². The average Bonchev–Trinajstić information content (AvgIpc) is 2.69. The minimum atomic E-state index is -0.841. The average molecular weight is 254 g/mol. The van der Waals surface area contributed by atoms with Gasteiger partial charge in [-0.3, -0.25) is 4.79 Å². The van der Waals surface area contributed by atoms with Gasteiger partial charge in [0, 0.05) is 12.0 Å². The summed E-state index contributed by atoms with van der Waals surface area (Å²) in [5.74, 6) is -1.66. The molecule has 0 aromatic heterocycles. The summed E-state index contributed by atoms with van der Waals surface area (Å²) in [6.07, 6.45) is 2.80. The lowest BCUT2D eigenvalue weighted by molar-refractivity contribution is -0.120. The maximum Gasteiger partial charge on any atom is 0.227 e. The fraction of sp³-hybridized carbons (Fsp3) is 0.462. The number of carbonyl (C=O) groups excluding carboxylic acids is 1. The molecule has 3 nitrogen and oxygen atoms in total. The van der Waals surface area contributed by atoms with Gasteiger partial charge in [0.2, 0.25) is 5.91 Å². The Morgan fingerprint density at radius 1 is 1.39 bits per heavy atom. The summed E-state index contributed by atoms with van der Waals surface area (Å²) >= 11 is 0. The summed E-state index contributed by atoms with van der Waals surface area (Å²) in [6, 6.07) is 1.71. The van der Waals surface area contributed by atoms with E-state index >= 15 is 0 Å². The maximum absolute atomic E-state index is 13.5. The van der Waals surface area contributed by atoms with Crippen molar-refractivity contribution >= 4 is 17.3 Å². The van der Waals surface area contributed by atoms with Crippen LogP contribution in [-0.2, 0) is 4.79 Å². The molecule has 0 heterocycles. The molecule has 0 aliphatic heterocycles. The molecule has 18 heavy (non-hydrogen) atoms. The zero-order chi connectivity index (χ0) is 13.3. The van der Waals surface area contributed by atoms with E-state index in [1.54, 1.807) is 0 Å². The van der Waals surface area contributed by atoms with Gasteiger partial charge in [-0.15, -0.1) is 0 Å². The molecule has 1 aromatic carbocycles. The van der Waals surface area contributed by atoms with E-state index < -0.39 is 11.6 Å². The van der Waals surface area contributed by atoms with Crippen LogP contribution < -0.4 is 11.1 Å². The molecule has 1 aromatic rings. The van der Waals surface area contributed by atoms with Crippen molar-refractivity contribution in [3.8, 4) is 0 Å². The monoisotopic (exact) mass is 254 g/mol. The number of hydrogen-bond acceptors (Lipinski definition) is 2. The van der Waals surface area contributed by atoms with Crippen molar-refractivity contribution in [2.24, 2.45) is 11.8 Å². The SMILES string of the molecule is CC1CCCC1C(=O)Nc1c(N)cc(F)cc1F. The highest BCUT2D eigenvalue weighted by molar-refractivity contribution is 5.95. The van der Waals surface area contributed by atoms with Crippen molar-refractivity contribution in [3.63, 3.8) is 0 Å². The molecule has 5 heteroatoms. The third-order valence-corrected chi connectivity index (χ3v) is 3.53. The molecule has 2 atom stereocenters. The van der Waals surface area contributed by atoms with Gasteiger partial charge in [-0.1, -0.05) is 13.3 Å². The second kappa shape index (κ2) is 4.92. The molecule has 0 bridgehead atoms. The van der Waals surface area contributed by atoms with Crippen LogP contribution in [0.4, 0.5) is 20.2 Å². The van der Waals surface area contributed by atoms with Gasteiger partial charge in [-0.05, 0) is 24.8 Å². The van der Waals surface area contributed by atoms with Crippen LogP contribution in [0.1, 0.15) is 26.2 Å². The Balaban J connectivity index is 2.17. The van der Waals surface area contributed by atoms with Gasteiger partial charge in [-0.2, -0.15) is 0 Å². The van der Waals surface area contributed by atoms with Crippen molar-refractivity contribution in [2.45, 2.75) is 26.2 Å². The minimum Gasteiger partial charge on any atom is -0.397 e. The summed E-state index contributed by atoms with van der Waals surface area (Å²) in [5, 5.41) is 2.47. The third-order valence-electron chi connectivity index (χ3n) is 3.53. The van der Waals surface area contributed by atoms with Crippen molar-refractivity contribution in [1.82, 2.24) is 0 Å². The highest BCUT2D eigenvalue weighted by Gasteiger charge is 2.30. The van der Waals surface area contributed by atoms with Crippen molar-refractivity contribution < 1.29 is 13.6 Å². The normalized spacial score (nSPS) is 23.1. The number of nitrogens with one attached hydrogen (secondary N) is 1. The number of hydrogen-bond donors (Lipinski definition) is 2. The zero-order valence-corrected chi connectivity index (χ0v) is 10.2. The van der Waals surface area contributed by atoms with Gasteiger partial charge in [0.1, 0.15) is 11.5 Å².